The number of halogens is 1. The normalized spacial score (nSPS) is 18.2. The van der Waals surface area contributed by atoms with Crippen molar-refractivity contribution in [2.24, 2.45) is 0 Å². The van der Waals surface area contributed by atoms with Gasteiger partial charge < -0.3 is 23.7 Å². The van der Waals surface area contributed by atoms with Gasteiger partial charge in [0.05, 0.1) is 37.6 Å². The molecule has 30 heavy (non-hydrogen) atoms. The summed E-state index contributed by atoms with van der Waals surface area (Å²) in [4.78, 5) is 4.79. The molecule has 3 heterocycles. The fourth-order valence-corrected chi connectivity index (χ4v) is 4.50. The van der Waals surface area contributed by atoms with E-state index in [1.165, 1.54) is 5.57 Å². The number of ether oxygens (including phenoxy) is 3. The molecule has 0 amide bonds. The van der Waals surface area contributed by atoms with Gasteiger partial charge in [0.25, 0.3) is 0 Å². The van der Waals surface area contributed by atoms with Gasteiger partial charge in [-0.15, -0.1) is 0 Å². The lowest BCUT2D eigenvalue weighted by Gasteiger charge is -2.30. The number of fused-ring (bicyclic) bond motifs is 1. The highest BCUT2D eigenvalue weighted by Gasteiger charge is 2.37. The van der Waals surface area contributed by atoms with Crippen LogP contribution in [0.25, 0.3) is 22.5 Å². The summed E-state index contributed by atoms with van der Waals surface area (Å²) in [5.41, 5.74) is 5.55. The maximum Gasteiger partial charge on any atom is 0.172 e. The third kappa shape index (κ3) is 3.40. The third-order valence-corrected chi connectivity index (χ3v) is 6.20. The second kappa shape index (κ2) is 7.71. The van der Waals surface area contributed by atoms with Gasteiger partial charge in [0.2, 0.25) is 0 Å². The van der Waals surface area contributed by atoms with Crippen LogP contribution in [0.3, 0.4) is 0 Å². The monoisotopic (exact) mass is 426 g/mol. The average molecular weight is 427 g/mol. The largest absolute Gasteiger partial charge is 0.495 e. The van der Waals surface area contributed by atoms with Gasteiger partial charge >= 0.3 is 0 Å². The molecule has 0 atom stereocenters. The molecule has 5 rings (SSSR count). The lowest BCUT2D eigenvalue weighted by Crippen LogP contribution is -2.31. The van der Waals surface area contributed by atoms with E-state index in [1.54, 1.807) is 19.2 Å². The summed E-state index contributed by atoms with van der Waals surface area (Å²) >= 11 is 6.32. The van der Waals surface area contributed by atoms with E-state index in [9.17, 15) is 5.11 Å². The Bertz CT molecular complexity index is 1130. The Hall–Kier alpha value is -2.38. The summed E-state index contributed by atoms with van der Waals surface area (Å²) in [6.07, 6.45) is 8.73. The number of imidazole rings is 1. The zero-order valence-electron chi connectivity index (χ0n) is 16.7. The van der Waals surface area contributed by atoms with Crippen molar-refractivity contribution < 1.29 is 19.3 Å². The summed E-state index contributed by atoms with van der Waals surface area (Å²) in [7, 11) is 1.56. The summed E-state index contributed by atoms with van der Waals surface area (Å²) in [5.74, 6) is 0.121. The Balaban J connectivity index is 1.48. The second-order valence-corrected chi connectivity index (χ2v) is 8.06. The van der Waals surface area contributed by atoms with E-state index in [1.807, 2.05) is 16.8 Å². The Morgan fingerprint density at radius 3 is 2.80 bits per heavy atom. The van der Waals surface area contributed by atoms with Gasteiger partial charge in [0.1, 0.15) is 11.4 Å². The minimum Gasteiger partial charge on any atom is -0.495 e. The molecule has 6 nitrogen and oxygen atoms in total. The average Bonchev–Trinajstić information content (AvgIpc) is 3.40. The maximum absolute atomic E-state index is 9.81. The molecular weight excluding hydrogens is 404 g/mol. The first-order chi connectivity index (χ1) is 14.6. The fourth-order valence-electron chi connectivity index (χ4n) is 4.26. The fraction of sp³-hybridized carbons (Fsp3) is 0.348. The highest BCUT2D eigenvalue weighted by atomic mass is 35.5. The molecule has 1 aromatic carbocycles. The Labute approximate surface area is 179 Å². The van der Waals surface area contributed by atoms with E-state index in [2.05, 4.69) is 18.2 Å². The van der Waals surface area contributed by atoms with Crippen LogP contribution in [0.2, 0.25) is 5.02 Å². The first-order valence-corrected chi connectivity index (χ1v) is 10.4. The highest BCUT2D eigenvalue weighted by Crippen LogP contribution is 2.39. The van der Waals surface area contributed by atoms with E-state index >= 15 is 0 Å². The van der Waals surface area contributed by atoms with E-state index in [-0.39, 0.29) is 6.61 Å². The van der Waals surface area contributed by atoms with Crippen LogP contribution in [0.1, 0.15) is 30.4 Å². The van der Waals surface area contributed by atoms with Gasteiger partial charge in [0.15, 0.2) is 5.79 Å². The topological polar surface area (TPSA) is 65.2 Å². The van der Waals surface area contributed by atoms with Crippen molar-refractivity contribution in [3.63, 3.8) is 0 Å². The standard InChI is InChI=1S/C23H23ClN2O4/c1-28-21-10-17(14-27)18(12-19(21)24)20-13-26-7-4-16(11-22(26)25-20)15-2-5-23(6-3-15)29-8-9-30-23/h2,4,7,10-13,27H,3,5-6,8-9,14H2,1H3. The van der Waals surface area contributed by atoms with Crippen molar-refractivity contribution in [1.29, 1.82) is 0 Å². The number of methoxy groups -OCH3 is 1. The smallest absolute Gasteiger partial charge is 0.172 e. The van der Waals surface area contributed by atoms with Crippen molar-refractivity contribution in [3.05, 3.63) is 58.9 Å². The number of rotatable bonds is 4. The lowest BCUT2D eigenvalue weighted by molar-refractivity contribution is -0.159. The molecule has 156 valence electrons. The predicted octanol–water partition coefficient (Wildman–Crippen LogP) is 4.47. The maximum atomic E-state index is 9.81. The van der Waals surface area contributed by atoms with Crippen molar-refractivity contribution in [3.8, 4) is 17.0 Å². The molecule has 2 aromatic heterocycles. The first kappa shape index (κ1) is 19.6. The number of allylic oxidation sites excluding steroid dienone is 1. The van der Waals surface area contributed by atoms with Crippen molar-refractivity contribution in [2.75, 3.05) is 20.3 Å². The Kier molecular flexibility index (Phi) is 5.03. The molecule has 0 unspecified atom stereocenters. The van der Waals surface area contributed by atoms with Crippen LogP contribution in [0.5, 0.6) is 5.75 Å². The molecule has 0 radical (unpaired) electrons. The van der Waals surface area contributed by atoms with Gasteiger partial charge in [-0.05, 0) is 47.4 Å². The number of aliphatic hydroxyl groups excluding tert-OH is 1. The van der Waals surface area contributed by atoms with E-state index in [0.29, 0.717) is 24.0 Å². The van der Waals surface area contributed by atoms with Crippen LogP contribution >= 0.6 is 11.6 Å². The predicted molar refractivity (Wildman–Crippen MR) is 115 cm³/mol. The van der Waals surface area contributed by atoms with Gasteiger partial charge in [-0.25, -0.2) is 4.98 Å². The van der Waals surface area contributed by atoms with Crippen molar-refractivity contribution in [2.45, 2.75) is 31.7 Å². The minimum atomic E-state index is -0.414. The van der Waals surface area contributed by atoms with E-state index < -0.39 is 5.79 Å². The van der Waals surface area contributed by atoms with Gasteiger partial charge in [-0.3, -0.25) is 0 Å². The van der Waals surface area contributed by atoms with Gasteiger partial charge in [0, 0.05) is 30.8 Å². The van der Waals surface area contributed by atoms with Crippen LogP contribution in [0, 0.1) is 0 Å². The van der Waals surface area contributed by atoms with E-state index in [4.69, 9.17) is 30.8 Å². The number of nitrogens with zero attached hydrogens (tertiary/aromatic N) is 2. The van der Waals surface area contributed by atoms with Gasteiger partial charge in [-0.1, -0.05) is 17.7 Å². The molecule has 3 aromatic rings. The van der Waals surface area contributed by atoms with Crippen LogP contribution in [-0.4, -0.2) is 40.6 Å². The number of benzene rings is 1. The highest BCUT2D eigenvalue weighted by molar-refractivity contribution is 6.32. The molecule has 1 N–H and O–H groups in total. The molecule has 2 aliphatic rings. The molecule has 1 aliphatic carbocycles. The van der Waals surface area contributed by atoms with Crippen molar-refractivity contribution >= 4 is 22.8 Å². The molecule has 0 bridgehead atoms. The first-order valence-electron chi connectivity index (χ1n) is 10.0. The minimum absolute atomic E-state index is 0.124. The summed E-state index contributed by atoms with van der Waals surface area (Å²) < 4.78 is 18.9. The summed E-state index contributed by atoms with van der Waals surface area (Å²) in [5, 5.41) is 10.3. The summed E-state index contributed by atoms with van der Waals surface area (Å²) in [6.45, 7) is 1.23. The number of aliphatic hydroxyl groups is 1. The quantitative estimate of drug-likeness (QED) is 0.667. The van der Waals surface area contributed by atoms with Crippen LogP contribution in [0.4, 0.5) is 0 Å². The number of hydrogen-bond acceptors (Lipinski definition) is 5. The van der Waals surface area contributed by atoms with E-state index in [0.717, 1.165) is 47.3 Å². The Morgan fingerprint density at radius 2 is 2.10 bits per heavy atom. The molecule has 1 saturated heterocycles. The number of pyridine rings is 1. The molecule has 1 aliphatic heterocycles. The third-order valence-electron chi connectivity index (χ3n) is 5.90. The molecular formula is C23H23ClN2O4. The number of aromatic nitrogens is 2. The zero-order valence-corrected chi connectivity index (χ0v) is 17.5. The van der Waals surface area contributed by atoms with Crippen molar-refractivity contribution in [1.82, 2.24) is 9.38 Å². The molecule has 1 spiro atoms. The SMILES string of the molecule is COc1cc(CO)c(-c2cn3ccc(C4=CCC5(CC4)OCCO5)cc3n2)cc1Cl. The Morgan fingerprint density at radius 1 is 1.27 bits per heavy atom. The molecule has 7 heteroatoms. The summed E-state index contributed by atoms with van der Waals surface area (Å²) in [6, 6.07) is 7.74. The van der Waals surface area contributed by atoms with Crippen LogP contribution in [-0.2, 0) is 16.1 Å². The second-order valence-electron chi connectivity index (χ2n) is 7.65. The molecule has 1 fully saturated rings. The lowest BCUT2D eigenvalue weighted by atomic mass is 9.90. The van der Waals surface area contributed by atoms with Crippen LogP contribution < -0.4 is 4.74 Å². The molecule has 0 saturated carbocycles. The number of hydrogen-bond donors (Lipinski definition) is 1. The van der Waals surface area contributed by atoms with Gasteiger partial charge in [-0.2, -0.15) is 0 Å². The zero-order chi connectivity index (χ0) is 20.7. The van der Waals surface area contributed by atoms with Crippen LogP contribution in [0.15, 0.2) is 42.7 Å².